The van der Waals surface area contributed by atoms with Crippen LogP contribution in [-0.2, 0) is 6.42 Å². The maximum absolute atomic E-state index is 5.07. The summed E-state index contributed by atoms with van der Waals surface area (Å²) in [6, 6.07) is 20.7. The van der Waals surface area contributed by atoms with E-state index in [1.165, 1.54) is 5.56 Å². The summed E-state index contributed by atoms with van der Waals surface area (Å²) >= 11 is 0. The Labute approximate surface area is 242 Å². The van der Waals surface area contributed by atoms with Crippen LogP contribution in [-0.4, -0.2) is 39.9 Å². The van der Waals surface area contributed by atoms with Crippen LogP contribution in [0.15, 0.2) is 67.0 Å². The van der Waals surface area contributed by atoms with E-state index in [1.807, 2.05) is 12.1 Å². The highest BCUT2D eigenvalue weighted by atomic mass is 15.1. The molecule has 4 aromatic heterocycles. The Bertz CT molecular complexity index is 1850. The molecule has 2 aliphatic rings. The summed E-state index contributed by atoms with van der Waals surface area (Å²) in [5.74, 6) is 5.12. The van der Waals surface area contributed by atoms with E-state index in [9.17, 15) is 0 Å². The van der Waals surface area contributed by atoms with Gasteiger partial charge in [-0.05, 0) is 43.7 Å². The van der Waals surface area contributed by atoms with Gasteiger partial charge in [0.15, 0.2) is 34.0 Å². The SMILES string of the molecule is C[C@H](Nc1nc(C[C@@H](Nc2ncnc3[nH]c(C4CC4)nc23)c2ccccc2)nc2[nH]c(C3CC3)nc12)c1ccccc1. The lowest BCUT2D eigenvalue weighted by Crippen LogP contribution is -2.17. The molecule has 2 saturated carbocycles. The molecule has 2 atom stereocenters. The minimum absolute atomic E-state index is 0.0518. The highest BCUT2D eigenvalue weighted by Gasteiger charge is 2.30. The van der Waals surface area contributed by atoms with Crippen LogP contribution < -0.4 is 10.6 Å². The second-order valence-corrected chi connectivity index (χ2v) is 11.5. The van der Waals surface area contributed by atoms with Gasteiger partial charge in [0.2, 0.25) is 0 Å². The number of aromatic amines is 2. The molecule has 0 amide bonds. The van der Waals surface area contributed by atoms with Gasteiger partial charge < -0.3 is 20.6 Å². The second-order valence-electron chi connectivity index (χ2n) is 11.5. The number of rotatable bonds is 10. The molecular weight excluding hydrogens is 524 g/mol. The highest BCUT2D eigenvalue weighted by molar-refractivity contribution is 5.84. The average molecular weight is 557 g/mol. The Kier molecular flexibility index (Phi) is 6.05. The van der Waals surface area contributed by atoms with Crippen molar-refractivity contribution >= 4 is 34.0 Å². The molecule has 0 aliphatic heterocycles. The maximum atomic E-state index is 5.07. The van der Waals surface area contributed by atoms with E-state index < -0.39 is 0 Å². The zero-order chi connectivity index (χ0) is 28.0. The van der Waals surface area contributed by atoms with E-state index in [0.29, 0.717) is 29.9 Å². The van der Waals surface area contributed by atoms with Crippen LogP contribution in [0.25, 0.3) is 22.3 Å². The molecule has 4 N–H and O–H groups in total. The number of nitrogens with zero attached hydrogens (tertiary/aromatic N) is 6. The first kappa shape index (κ1) is 24.9. The fraction of sp³-hybridized carbons (Fsp3) is 0.312. The van der Waals surface area contributed by atoms with Crippen molar-refractivity contribution in [3.05, 3.63) is 95.6 Å². The minimum Gasteiger partial charge on any atom is -0.362 e. The number of hydrogen-bond acceptors (Lipinski definition) is 8. The molecule has 0 radical (unpaired) electrons. The molecule has 6 aromatic rings. The molecular formula is C32H32N10. The Hall–Kier alpha value is -4.86. The Morgan fingerprint density at radius 3 is 1.98 bits per heavy atom. The van der Waals surface area contributed by atoms with Crippen molar-refractivity contribution in [1.82, 2.24) is 39.9 Å². The van der Waals surface area contributed by atoms with Crippen molar-refractivity contribution < 1.29 is 0 Å². The van der Waals surface area contributed by atoms with E-state index >= 15 is 0 Å². The van der Waals surface area contributed by atoms with E-state index in [4.69, 9.17) is 19.9 Å². The number of nitrogens with one attached hydrogen (secondary N) is 4. The zero-order valence-corrected chi connectivity index (χ0v) is 23.4. The monoisotopic (exact) mass is 556 g/mol. The van der Waals surface area contributed by atoms with Crippen molar-refractivity contribution in [1.29, 1.82) is 0 Å². The van der Waals surface area contributed by atoms with Gasteiger partial charge in [0.25, 0.3) is 0 Å². The predicted molar refractivity (Wildman–Crippen MR) is 162 cm³/mol. The van der Waals surface area contributed by atoms with Crippen LogP contribution in [0.3, 0.4) is 0 Å². The zero-order valence-electron chi connectivity index (χ0n) is 23.4. The fourth-order valence-corrected chi connectivity index (χ4v) is 5.52. The standard InChI is InChI=1S/C32H32N10/c1-18(19-8-4-2-5-9-19)35-31-26-32(42-28(40-26)22-14-15-22)38-24(37-31)16-23(20-10-6-3-7-11-20)36-29-25-30(34-17-33-29)41-27(39-25)21-12-13-21/h2-11,17-18,21-23H,12-16H2,1H3,(H2,33,34,36,39,41)(H2,35,37,38,40,42)/t18-,23+/m0/s1. The van der Waals surface area contributed by atoms with Crippen LogP contribution in [0.2, 0.25) is 0 Å². The Balaban J connectivity index is 1.16. The molecule has 10 nitrogen and oxygen atoms in total. The topological polar surface area (TPSA) is 133 Å². The van der Waals surface area contributed by atoms with Gasteiger partial charge in [0, 0.05) is 18.3 Å². The lowest BCUT2D eigenvalue weighted by molar-refractivity contribution is 0.730. The number of H-pyrrole nitrogens is 2. The van der Waals surface area contributed by atoms with Gasteiger partial charge in [-0.1, -0.05) is 60.7 Å². The molecule has 2 aliphatic carbocycles. The first-order valence-corrected chi connectivity index (χ1v) is 14.8. The van der Waals surface area contributed by atoms with Crippen molar-refractivity contribution in [2.24, 2.45) is 0 Å². The van der Waals surface area contributed by atoms with E-state index in [2.05, 4.69) is 86.0 Å². The average Bonchev–Trinajstić information content (AvgIpc) is 3.96. The number of anilines is 2. The number of imidazole rings is 2. The van der Waals surface area contributed by atoms with Crippen molar-refractivity contribution in [2.75, 3.05) is 10.6 Å². The molecule has 210 valence electrons. The molecule has 0 spiro atoms. The van der Waals surface area contributed by atoms with Crippen LogP contribution in [0, 0.1) is 0 Å². The van der Waals surface area contributed by atoms with Crippen LogP contribution in [0.5, 0.6) is 0 Å². The van der Waals surface area contributed by atoms with Crippen molar-refractivity contribution in [2.45, 2.75) is 62.9 Å². The summed E-state index contributed by atoms with van der Waals surface area (Å²) in [4.78, 5) is 35.8. The molecule has 0 unspecified atom stereocenters. The lowest BCUT2D eigenvalue weighted by Gasteiger charge is -2.20. The Morgan fingerprint density at radius 2 is 1.31 bits per heavy atom. The molecule has 42 heavy (non-hydrogen) atoms. The van der Waals surface area contributed by atoms with Gasteiger partial charge in [0.1, 0.15) is 23.8 Å². The normalized spacial score (nSPS) is 16.5. The van der Waals surface area contributed by atoms with Gasteiger partial charge >= 0.3 is 0 Å². The van der Waals surface area contributed by atoms with Crippen molar-refractivity contribution in [3.63, 3.8) is 0 Å². The quantitative estimate of drug-likeness (QED) is 0.154. The summed E-state index contributed by atoms with van der Waals surface area (Å²) in [6.45, 7) is 2.14. The molecule has 2 aromatic carbocycles. The van der Waals surface area contributed by atoms with E-state index in [0.717, 1.165) is 71.0 Å². The third-order valence-electron chi connectivity index (χ3n) is 8.19. The van der Waals surface area contributed by atoms with Crippen LogP contribution in [0.1, 0.15) is 85.1 Å². The minimum atomic E-state index is -0.145. The summed E-state index contributed by atoms with van der Waals surface area (Å²) < 4.78 is 0. The number of hydrogen-bond donors (Lipinski definition) is 4. The maximum Gasteiger partial charge on any atom is 0.163 e. The third kappa shape index (κ3) is 4.93. The second kappa shape index (κ2) is 10.2. The number of benzene rings is 2. The van der Waals surface area contributed by atoms with Gasteiger partial charge in [-0.2, -0.15) is 0 Å². The lowest BCUT2D eigenvalue weighted by atomic mass is 10.0. The largest absolute Gasteiger partial charge is 0.362 e. The van der Waals surface area contributed by atoms with Gasteiger partial charge in [-0.3, -0.25) is 0 Å². The molecule has 0 saturated heterocycles. The highest BCUT2D eigenvalue weighted by Crippen LogP contribution is 2.40. The summed E-state index contributed by atoms with van der Waals surface area (Å²) in [5, 5.41) is 7.30. The van der Waals surface area contributed by atoms with E-state index in [1.54, 1.807) is 6.33 Å². The van der Waals surface area contributed by atoms with Gasteiger partial charge in [-0.15, -0.1) is 0 Å². The first-order valence-electron chi connectivity index (χ1n) is 14.8. The van der Waals surface area contributed by atoms with Gasteiger partial charge in [0.05, 0.1) is 12.1 Å². The van der Waals surface area contributed by atoms with Gasteiger partial charge in [-0.25, -0.2) is 29.9 Å². The summed E-state index contributed by atoms with van der Waals surface area (Å²) in [6.07, 6.45) is 6.77. The Morgan fingerprint density at radius 1 is 0.690 bits per heavy atom. The molecule has 2 fully saturated rings. The number of aromatic nitrogens is 8. The summed E-state index contributed by atoms with van der Waals surface area (Å²) in [5.41, 5.74) is 5.37. The predicted octanol–water partition coefficient (Wildman–Crippen LogP) is 6.34. The summed E-state index contributed by atoms with van der Waals surface area (Å²) in [7, 11) is 0. The molecule has 8 rings (SSSR count). The first-order chi connectivity index (χ1) is 20.7. The fourth-order valence-electron chi connectivity index (χ4n) is 5.52. The number of fused-ring (bicyclic) bond motifs is 2. The van der Waals surface area contributed by atoms with Crippen molar-refractivity contribution in [3.8, 4) is 0 Å². The third-order valence-corrected chi connectivity index (χ3v) is 8.19. The smallest absolute Gasteiger partial charge is 0.163 e. The van der Waals surface area contributed by atoms with Crippen LogP contribution >= 0.6 is 0 Å². The molecule has 4 heterocycles. The van der Waals surface area contributed by atoms with E-state index in [-0.39, 0.29) is 12.1 Å². The molecule has 10 heteroatoms. The molecule has 0 bridgehead atoms. The van der Waals surface area contributed by atoms with Crippen LogP contribution in [0.4, 0.5) is 11.6 Å².